The molecule has 0 radical (unpaired) electrons. The number of urea groups is 1. The van der Waals surface area contributed by atoms with E-state index in [1.165, 1.54) is 0 Å². The third-order valence-corrected chi connectivity index (χ3v) is 4.42. The van der Waals surface area contributed by atoms with Crippen LogP contribution < -0.4 is 5.32 Å². The molecule has 7 nitrogen and oxygen atoms in total. The van der Waals surface area contributed by atoms with Crippen molar-refractivity contribution in [2.45, 2.75) is 45.9 Å². The van der Waals surface area contributed by atoms with E-state index in [4.69, 9.17) is 4.74 Å². The van der Waals surface area contributed by atoms with Gasteiger partial charge in [0.05, 0.1) is 12.2 Å². The van der Waals surface area contributed by atoms with E-state index in [0.717, 1.165) is 23.6 Å². The number of nitrogens with one attached hydrogen (secondary N) is 1. The molecule has 1 aliphatic heterocycles. The number of rotatable bonds is 4. The number of nitrogens with zero attached hydrogens (tertiary/aromatic N) is 4. The molecule has 1 aliphatic rings. The molecule has 0 spiro atoms. The first-order valence-electron chi connectivity index (χ1n) is 8.71. The minimum absolute atomic E-state index is 0.0620. The smallest absolute Gasteiger partial charge is 0.317 e. The second-order valence-corrected chi connectivity index (χ2v) is 6.37. The van der Waals surface area contributed by atoms with Gasteiger partial charge < -0.3 is 15.0 Å². The first kappa shape index (κ1) is 17.4. The van der Waals surface area contributed by atoms with Crippen molar-refractivity contribution in [3.63, 3.8) is 0 Å². The van der Waals surface area contributed by atoms with E-state index in [-0.39, 0.29) is 18.2 Å². The van der Waals surface area contributed by atoms with Gasteiger partial charge in [0.1, 0.15) is 11.6 Å². The van der Waals surface area contributed by atoms with Crippen molar-refractivity contribution in [1.29, 1.82) is 0 Å². The van der Waals surface area contributed by atoms with Gasteiger partial charge in [-0.2, -0.15) is 0 Å². The van der Waals surface area contributed by atoms with Crippen molar-refractivity contribution >= 4 is 6.03 Å². The Morgan fingerprint density at radius 1 is 1.36 bits per heavy atom. The van der Waals surface area contributed by atoms with Gasteiger partial charge >= 0.3 is 6.03 Å². The molecule has 0 saturated carbocycles. The summed E-state index contributed by atoms with van der Waals surface area (Å²) < 4.78 is 7.74. The quantitative estimate of drug-likeness (QED) is 0.924. The maximum atomic E-state index is 12.6. The fourth-order valence-electron chi connectivity index (χ4n) is 3.11. The van der Waals surface area contributed by atoms with Crippen molar-refractivity contribution in [1.82, 2.24) is 24.8 Å². The fraction of sp³-hybridized carbons (Fsp3) is 0.500. The minimum Gasteiger partial charge on any atom is -0.372 e. The Morgan fingerprint density at radius 2 is 2.20 bits per heavy atom. The van der Waals surface area contributed by atoms with Gasteiger partial charge in [0.25, 0.3) is 0 Å². The Kier molecular flexibility index (Phi) is 5.33. The Bertz CT molecular complexity index is 730. The number of aromatic nitrogens is 3. The summed E-state index contributed by atoms with van der Waals surface area (Å²) in [5, 5.41) is 3.01. The molecule has 7 heteroatoms. The summed E-state index contributed by atoms with van der Waals surface area (Å²) >= 11 is 0. The van der Waals surface area contributed by atoms with Gasteiger partial charge in [0.15, 0.2) is 0 Å². The maximum Gasteiger partial charge on any atom is 0.317 e. The summed E-state index contributed by atoms with van der Waals surface area (Å²) in [6.07, 6.45) is 6.44. The number of pyridine rings is 1. The summed E-state index contributed by atoms with van der Waals surface area (Å²) in [5.74, 6) is 1.65. The first-order valence-corrected chi connectivity index (χ1v) is 8.71. The SMILES string of the molecule is CC[C@H]1CN(C(=O)NCc2cccnc2-n2ccnc2C)C[C@H](C)O1. The van der Waals surface area contributed by atoms with E-state index in [2.05, 4.69) is 22.2 Å². The molecule has 0 aliphatic carbocycles. The van der Waals surface area contributed by atoms with Crippen LogP contribution in [-0.4, -0.2) is 50.8 Å². The Labute approximate surface area is 148 Å². The number of aryl methyl sites for hydroxylation is 1. The monoisotopic (exact) mass is 343 g/mol. The van der Waals surface area contributed by atoms with Crippen molar-refractivity contribution in [3.8, 4) is 5.82 Å². The summed E-state index contributed by atoms with van der Waals surface area (Å²) in [5.41, 5.74) is 0.949. The molecule has 1 saturated heterocycles. The number of hydrogen-bond donors (Lipinski definition) is 1. The molecular formula is C18H25N5O2. The molecule has 25 heavy (non-hydrogen) atoms. The highest BCUT2D eigenvalue weighted by atomic mass is 16.5. The van der Waals surface area contributed by atoms with Crippen LogP contribution >= 0.6 is 0 Å². The lowest BCUT2D eigenvalue weighted by Gasteiger charge is -2.36. The molecule has 1 fully saturated rings. The number of morpholine rings is 1. The van der Waals surface area contributed by atoms with Crippen LogP contribution in [0.5, 0.6) is 0 Å². The molecule has 2 aromatic heterocycles. The largest absolute Gasteiger partial charge is 0.372 e. The van der Waals surface area contributed by atoms with Gasteiger partial charge in [-0.3, -0.25) is 4.57 Å². The average Bonchev–Trinajstić information content (AvgIpc) is 3.05. The molecule has 2 atom stereocenters. The van der Waals surface area contributed by atoms with Crippen LogP contribution in [0.15, 0.2) is 30.7 Å². The van der Waals surface area contributed by atoms with Gasteiger partial charge in [-0.05, 0) is 26.3 Å². The van der Waals surface area contributed by atoms with E-state index in [0.29, 0.717) is 19.6 Å². The van der Waals surface area contributed by atoms with E-state index in [1.807, 2.05) is 41.6 Å². The Morgan fingerprint density at radius 3 is 2.92 bits per heavy atom. The molecule has 1 N–H and O–H groups in total. The topological polar surface area (TPSA) is 72.3 Å². The molecule has 0 bridgehead atoms. The minimum atomic E-state index is -0.0641. The highest BCUT2D eigenvalue weighted by Gasteiger charge is 2.27. The van der Waals surface area contributed by atoms with E-state index >= 15 is 0 Å². The molecule has 3 rings (SSSR count). The van der Waals surface area contributed by atoms with Crippen LogP contribution in [0.1, 0.15) is 31.7 Å². The van der Waals surface area contributed by atoms with Crippen LogP contribution in [0.3, 0.4) is 0 Å². The summed E-state index contributed by atoms with van der Waals surface area (Å²) in [7, 11) is 0. The third kappa shape index (κ3) is 3.99. The summed E-state index contributed by atoms with van der Waals surface area (Å²) in [4.78, 5) is 23.1. The van der Waals surface area contributed by atoms with Crippen LogP contribution in [0.4, 0.5) is 4.79 Å². The zero-order chi connectivity index (χ0) is 17.8. The number of hydrogen-bond acceptors (Lipinski definition) is 4. The number of amides is 2. The van der Waals surface area contributed by atoms with Crippen LogP contribution in [0.25, 0.3) is 5.82 Å². The van der Waals surface area contributed by atoms with Crippen molar-refractivity contribution in [2.75, 3.05) is 13.1 Å². The number of ether oxygens (including phenoxy) is 1. The average molecular weight is 343 g/mol. The van der Waals surface area contributed by atoms with Crippen molar-refractivity contribution < 1.29 is 9.53 Å². The zero-order valence-electron chi connectivity index (χ0n) is 15.0. The van der Waals surface area contributed by atoms with Gasteiger partial charge in [0.2, 0.25) is 0 Å². The van der Waals surface area contributed by atoms with Crippen LogP contribution in [0.2, 0.25) is 0 Å². The van der Waals surface area contributed by atoms with E-state index in [1.54, 1.807) is 12.4 Å². The number of carbonyl (C=O) groups is 1. The maximum absolute atomic E-state index is 12.6. The van der Waals surface area contributed by atoms with E-state index in [9.17, 15) is 4.79 Å². The summed E-state index contributed by atoms with van der Waals surface area (Å²) in [6.45, 7) is 7.67. The first-order chi connectivity index (χ1) is 12.1. The second-order valence-electron chi connectivity index (χ2n) is 6.37. The highest BCUT2D eigenvalue weighted by Crippen LogP contribution is 2.15. The number of carbonyl (C=O) groups excluding carboxylic acids is 1. The molecular weight excluding hydrogens is 318 g/mol. The highest BCUT2D eigenvalue weighted by molar-refractivity contribution is 5.74. The van der Waals surface area contributed by atoms with Gasteiger partial charge in [-0.1, -0.05) is 13.0 Å². The van der Waals surface area contributed by atoms with Crippen LogP contribution in [-0.2, 0) is 11.3 Å². The Balaban J connectivity index is 1.68. The van der Waals surface area contributed by atoms with Crippen molar-refractivity contribution in [3.05, 3.63) is 42.1 Å². The predicted octanol–water partition coefficient (Wildman–Crippen LogP) is 2.28. The van der Waals surface area contributed by atoms with Gasteiger partial charge in [0, 0.05) is 43.8 Å². The standard InChI is InChI=1S/C18H25N5O2/c1-4-16-12-22(11-13(2)25-16)18(24)21-10-15-6-5-7-20-17(15)23-9-8-19-14(23)3/h5-9,13,16H,4,10-12H2,1-3H3,(H,21,24)/t13-,16-/m0/s1. The van der Waals surface area contributed by atoms with Gasteiger partial charge in [-0.25, -0.2) is 14.8 Å². The lowest BCUT2D eigenvalue weighted by molar-refractivity contribution is -0.0646. The molecule has 0 aromatic carbocycles. The van der Waals surface area contributed by atoms with E-state index < -0.39 is 0 Å². The third-order valence-electron chi connectivity index (χ3n) is 4.42. The fourth-order valence-corrected chi connectivity index (χ4v) is 3.11. The summed E-state index contributed by atoms with van der Waals surface area (Å²) in [6, 6.07) is 3.78. The Hall–Kier alpha value is -2.41. The van der Waals surface area contributed by atoms with Gasteiger partial charge in [-0.15, -0.1) is 0 Å². The lowest BCUT2D eigenvalue weighted by atomic mass is 10.2. The lowest BCUT2D eigenvalue weighted by Crippen LogP contribution is -2.52. The normalized spacial score (nSPS) is 20.5. The number of imidazole rings is 1. The molecule has 134 valence electrons. The second kappa shape index (κ2) is 7.65. The van der Waals surface area contributed by atoms with Crippen LogP contribution in [0, 0.1) is 6.92 Å². The molecule has 3 heterocycles. The molecule has 0 unspecified atom stereocenters. The molecule has 2 aromatic rings. The predicted molar refractivity (Wildman–Crippen MR) is 94.5 cm³/mol. The zero-order valence-corrected chi connectivity index (χ0v) is 15.0. The molecule has 2 amide bonds. The van der Waals surface area contributed by atoms with Crippen molar-refractivity contribution in [2.24, 2.45) is 0 Å².